The van der Waals surface area contributed by atoms with Crippen LogP contribution < -0.4 is 0 Å². The van der Waals surface area contributed by atoms with E-state index in [4.69, 9.17) is 11.6 Å². The number of halogens is 2. The Labute approximate surface area is 69.4 Å². The molecular formula is C7H6ClFS. The van der Waals surface area contributed by atoms with Crippen molar-refractivity contribution in [3.05, 3.63) is 34.6 Å². The first kappa shape index (κ1) is 7.89. The Morgan fingerprint density at radius 3 is 2.60 bits per heavy atom. The van der Waals surface area contributed by atoms with E-state index in [-0.39, 0.29) is 5.82 Å². The van der Waals surface area contributed by atoms with Crippen LogP contribution >= 0.6 is 24.2 Å². The molecule has 0 aliphatic carbocycles. The molecule has 0 heterocycles. The van der Waals surface area contributed by atoms with Crippen LogP contribution in [-0.2, 0) is 5.75 Å². The van der Waals surface area contributed by atoms with Gasteiger partial charge >= 0.3 is 0 Å². The predicted molar refractivity (Wildman–Crippen MR) is 44.1 cm³/mol. The van der Waals surface area contributed by atoms with E-state index >= 15 is 0 Å². The van der Waals surface area contributed by atoms with E-state index in [1.807, 2.05) is 0 Å². The molecule has 0 unspecified atom stereocenters. The van der Waals surface area contributed by atoms with Crippen LogP contribution in [-0.4, -0.2) is 0 Å². The van der Waals surface area contributed by atoms with Gasteiger partial charge in [0.15, 0.2) is 0 Å². The molecule has 0 nitrogen and oxygen atoms in total. The Balaban J connectivity index is 3.06. The molecule has 0 fully saturated rings. The van der Waals surface area contributed by atoms with Gasteiger partial charge in [-0.3, -0.25) is 0 Å². The van der Waals surface area contributed by atoms with Crippen molar-refractivity contribution in [1.29, 1.82) is 0 Å². The maximum atomic E-state index is 12.5. The van der Waals surface area contributed by atoms with Crippen LogP contribution in [0.25, 0.3) is 0 Å². The quantitative estimate of drug-likeness (QED) is 0.625. The Morgan fingerprint density at radius 1 is 1.40 bits per heavy atom. The number of benzene rings is 1. The highest BCUT2D eigenvalue weighted by Crippen LogP contribution is 2.14. The first-order chi connectivity index (χ1) is 4.72. The van der Waals surface area contributed by atoms with Gasteiger partial charge in [0.25, 0.3) is 0 Å². The molecule has 54 valence electrons. The summed E-state index contributed by atoms with van der Waals surface area (Å²) in [4.78, 5) is 0. The molecule has 0 bridgehead atoms. The van der Waals surface area contributed by atoms with E-state index in [1.165, 1.54) is 12.1 Å². The Kier molecular flexibility index (Phi) is 2.57. The summed E-state index contributed by atoms with van der Waals surface area (Å²) < 4.78 is 12.5. The number of hydrogen-bond acceptors (Lipinski definition) is 1. The fourth-order valence-electron chi connectivity index (χ4n) is 0.702. The lowest BCUT2D eigenvalue weighted by atomic mass is 10.2. The highest BCUT2D eigenvalue weighted by atomic mass is 35.5. The van der Waals surface area contributed by atoms with Gasteiger partial charge in [-0.05, 0) is 23.8 Å². The molecule has 0 spiro atoms. The van der Waals surface area contributed by atoms with Gasteiger partial charge in [0.2, 0.25) is 0 Å². The van der Waals surface area contributed by atoms with Gasteiger partial charge in [-0.25, -0.2) is 4.39 Å². The largest absolute Gasteiger partial charge is 0.207 e. The van der Waals surface area contributed by atoms with E-state index in [0.29, 0.717) is 10.8 Å². The summed E-state index contributed by atoms with van der Waals surface area (Å²) >= 11 is 9.53. The van der Waals surface area contributed by atoms with Crippen molar-refractivity contribution in [2.45, 2.75) is 5.75 Å². The second-order valence-corrected chi connectivity index (χ2v) is 2.69. The summed E-state index contributed by atoms with van der Waals surface area (Å²) in [5.74, 6) is 0.203. The Hall–Kier alpha value is -0.210. The summed E-state index contributed by atoms with van der Waals surface area (Å²) in [7, 11) is 0. The molecular weight excluding hydrogens is 171 g/mol. The molecule has 0 aromatic heterocycles. The summed E-state index contributed by atoms with van der Waals surface area (Å²) in [6, 6.07) is 4.38. The van der Waals surface area contributed by atoms with Crippen molar-refractivity contribution in [2.24, 2.45) is 0 Å². The monoisotopic (exact) mass is 176 g/mol. The van der Waals surface area contributed by atoms with Crippen LogP contribution in [0, 0.1) is 5.82 Å². The lowest BCUT2D eigenvalue weighted by Crippen LogP contribution is -1.80. The Bertz CT molecular complexity index is 217. The normalized spacial score (nSPS) is 9.90. The van der Waals surface area contributed by atoms with Gasteiger partial charge in [0.1, 0.15) is 5.82 Å². The van der Waals surface area contributed by atoms with Crippen molar-refractivity contribution >= 4 is 24.2 Å². The van der Waals surface area contributed by atoms with Crippen LogP contribution in [0.5, 0.6) is 0 Å². The first-order valence-electron chi connectivity index (χ1n) is 2.78. The smallest absolute Gasteiger partial charge is 0.124 e. The molecule has 1 aromatic carbocycles. The average Bonchev–Trinajstić information content (AvgIpc) is 1.85. The zero-order valence-corrected chi connectivity index (χ0v) is 6.79. The minimum atomic E-state index is -0.309. The zero-order chi connectivity index (χ0) is 7.56. The molecule has 0 saturated heterocycles. The van der Waals surface area contributed by atoms with Gasteiger partial charge in [-0.1, -0.05) is 11.6 Å². The third kappa shape index (κ3) is 1.89. The van der Waals surface area contributed by atoms with Gasteiger partial charge < -0.3 is 0 Å². The molecule has 3 heteroatoms. The summed E-state index contributed by atoms with van der Waals surface area (Å²) in [5, 5.41) is 0.420. The molecule has 1 rings (SSSR count). The topological polar surface area (TPSA) is 0 Å². The number of thiol groups is 1. The third-order valence-corrected chi connectivity index (χ3v) is 1.69. The van der Waals surface area contributed by atoms with Crippen LogP contribution in [0.2, 0.25) is 5.02 Å². The predicted octanol–water partition coefficient (Wildman–Crippen LogP) is 2.91. The van der Waals surface area contributed by atoms with E-state index < -0.39 is 0 Å². The number of hydrogen-bond donors (Lipinski definition) is 1. The van der Waals surface area contributed by atoms with Gasteiger partial charge in [-0.15, -0.1) is 0 Å². The lowest BCUT2D eigenvalue weighted by Gasteiger charge is -1.96. The van der Waals surface area contributed by atoms with E-state index in [1.54, 1.807) is 6.07 Å². The van der Waals surface area contributed by atoms with Crippen molar-refractivity contribution in [3.8, 4) is 0 Å². The SMILES string of the molecule is Fc1cc(Cl)cc(CS)c1. The molecule has 0 aliphatic rings. The molecule has 1 aromatic rings. The average molecular weight is 177 g/mol. The molecule has 0 atom stereocenters. The van der Waals surface area contributed by atoms with Crippen molar-refractivity contribution in [1.82, 2.24) is 0 Å². The fraction of sp³-hybridized carbons (Fsp3) is 0.143. The van der Waals surface area contributed by atoms with Gasteiger partial charge in [0, 0.05) is 10.8 Å². The van der Waals surface area contributed by atoms with E-state index in [0.717, 1.165) is 5.56 Å². The van der Waals surface area contributed by atoms with Crippen LogP contribution in [0.15, 0.2) is 18.2 Å². The van der Waals surface area contributed by atoms with Gasteiger partial charge in [-0.2, -0.15) is 12.6 Å². The third-order valence-electron chi connectivity index (χ3n) is 1.10. The lowest BCUT2D eigenvalue weighted by molar-refractivity contribution is 0.626. The van der Waals surface area contributed by atoms with Gasteiger partial charge in [0.05, 0.1) is 0 Å². The minimum Gasteiger partial charge on any atom is -0.207 e. The van der Waals surface area contributed by atoms with E-state index in [2.05, 4.69) is 12.6 Å². The second kappa shape index (κ2) is 3.26. The maximum Gasteiger partial charge on any atom is 0.124 e. The molecule has 10 heavy (non-hydrogen) atoms. The fourth-order valence-corrected chi connectivity index (χ4v) is 1.13. The summed E-state index contributed by atoms with van der Waals surface area (Å²) in [6.07, 6.45) is 0. The maximum absolute atomic E-state index is 12.5. The van der Waals surface area contributed by atoms with Crippen molar-refractivity contribution < 1.29 is 4.39 Å². The molecule has 0 aliphatic heterocycles. The highest BCUT2D eigenvalue weighted by Gasteiger charge is 1.95. The standard InChI is InChI=1S/C7H6ClFS/c8-6-1-5(4-10)2-7(9)3-6/h1-3,10H,4H2. The molecule has 0 saturated carbocycles. The van der Waals surface area contributed by atoms with Crippen LogP contribution in [0.1, 0.15) is 5.56 Å². The van der Waals surface area contributed by atoms with Crippen molar-refractivity contribution in [2.75, 3.05) is 0 Å². The molecule has 0 amide bonds. The summed E-state index contributed by atoms with van der Waals surface area (Å²) in [6.45, 7) is 0. The van der Waals surface area contributed by atoms with Crippen molar-refractivity contribution in [3.63, 3.8) is 0 Å². The Morgan fingerprint density at radius 2 is 2.10 bits per heavy atom. The first-order valence-corrected chi connectivity index (χ1v) is 3.79. The minimum absolute atomic E-state index is 0.309. The van der Waals surface area contributed by atoms with E-state index in [9.17, 15) is 4.39 Å². The number of rotatable bonds is 1. The molecule has 0 N–H and O–H groups in total. The van der Waals surface area contributed by atoms with Crippen LogP contribution in [0.3, 0.4) is 0 Å². The zero-order valence-electron chi connectivity index (χ0n) is 5.14. The molecule has 0 radical (unpaired) electrons. The second-order valence-electron chi connectivity index (χ2n) is 1.94. The summed E-state index contributed by atoms with van der Waals surface area (Å²) in [5.41, 5.74) is 0.799. The highest BCUT2D eigenvalue weighted by molar-refractivity contribution is 7.79. The van der Waals surface area contributed by atoms with Crippen LogP contribution in [0.4, 0.5) is 4.39 Å².